The summed E-state index contributed by atoms with van der Waals surface area (Å²) < 4.78 is 23.6. The Kier molecular flexibility index (Phi) is 9.05. The summed E-state index contributed by atoms with van der Waals surface area (Å²) in [5.41, 5.74) is 3.45. The second-order valence-electron chi connectivity index (χ2n) is 7.42. The van der Waals surface area contributed by atoms with E-state index in [0.717, 1.165) is 28.8 Å². The van der Waals surface area contributed by atoms with Gasteiger partial charge >= 0.3 is 0 Å². The molecule has 1 amide bonds. The first-order valence-corrected chi connectivity index (χ1v) is 12.3. The molecule has 8 heteroatoms. The number of carbonyl (C=O) groups is 1. The molecule has 0 aromatic heterocycles. The van der Waals surface area contributed by atoms with Crippen LogP contribution in [0.4, 0.5) is 5.69 Å². The molecule has 0 unspecified atom stereocenters. The van der Waals surface area contributed by atoms with Gasteiger partial charge in [-0.2, -0.15) is 0 Å². The van der Waals surface area contributed by atoms with Crippen molar-refractivity contribution in [3.8, 4) is 0 Å². The van der Waals surface area contributed by atoms with E-state index in [1.54, 1.807) is 13.0 Å². The minimum absolute atomic E-state index is 0.00958. The number of aliphatic imine (C=N–C) groups is 1. The van der Waals surface area contributed by atoms with Crippen molar-refractivity contribution < 1.29 is 13.2 Å². The zero-order valence-corrected chi connectivity index (χ0v) is 19.5. The van der Waals surface area contributed by atoms with Gasteiger partial charge < -0.3 is 16.0 Å². The van der Waals surface area contributed by atoms with Gasteiger partial charge in [0.25, 0.3) is 0 Å². The van der Waals surface area contributed by atoms with Crippen molar-refractivity contribution in [2.24, 2.45) is 4.99 Å². The summed E-state index contributed by atoms with van der Waals surface area (Å²) in [6.07, 6.45) is 2.53. The number of nitrogens with one attached hydrogen (secondary N) is 3. The number of carbonyl (C=O) groups excluding carboxylic acids is 1. The van der Waals surface area contributed by atoms with Crippen molar-refractivity contribution >= 4 is 27.4 Å². The molecule has 168 valence electrons. The second-order valence-corrected chi connectivity index (χ2v) is 9.40. The van der Waals surface area contributed by atoms with Gasteiger partial charge in [0.05, 0.1) is 11.4 Å². The van der Waals surface area contributed by atoms with Crippen molar-refractivity contribution in [1.82, 2.24) is 10.6 Å². The van der Waals surface area contributed by atoms with Gasteiger partial charge in [0.1, 0.15) is 0 Å². The summed E-state index contributed by atoms with van der Waals surface area (Å²) in [4.78, 5) is 16.8. The third-order valence-electron chi connectivity index (χ3n) is 4.55. The first kappa shape index (κ1) is 24.4. The molecule has 0 aliphatic carbocycles. The lowest BCUT2D eigenvalue weighted by Gasteiger charge is -2.13. The smallest absolute Gasteiger partial charge is 0.224 e. The molecular formula is C23H32N4O3S. The number of hydrogen-bond acceptors (Lipinski definition) is 4. The molecule has 0 radical (unpaired) electrons. The molecule has 0 bridgehead atoms. The summed E-state index contributed by atoms with van der Waals surface area (Å²) in [6.45, 7) is 7.45. The lowest BCUT2D eigenvalue weighted by Crippen LogP contribution is -2.36. The van der Waals surface area contributed by atoms with Crippen molar-refractivity contribution in [3.63, 3.8) is 0 Å². The van der Waals surface area contributed by atoms with Crippen molar-refractivity contribution in [1.29, 1.82) is 0 Å². The van der Waals surface area contributed by atoms with Crippen LogP contribution in [-0.4, -0.2) is 33.1 Å². The normalized spacial score (nSPS) is 11.8. The average molecular weight is 445 g/mol. The summed E-state index contributed by atoms with van der Waals surface area (Å²) in [5.74, 6) is 0.670. The van der Waals surface area contributed by atoms with Crippen LogP contribution in [0.5, 0.6) is 0 Å². The van der Waals surface area contributed by atoms with Crippen LogP contribution in [0.2, 0.25) is 0 Å². The van der Waals surface area contributed by atoms with Gasteiger partial charge in [-0.15, -0.1) is 0 Å². The fraction of sp³-hybridized carbons (Fsp3) is 0.391. The van der Waals surface area contributed by atoms with Crippen molar-refractivity contribution in [2.75, 3.05) is 18.1 Å². The van der Waals surface area contributed by atoms with Crippen molar-refractivity contribution in [3.05, 3.63) is 59.2 Å². The molecule has 0 saturated heterocycles. The molecule has 0 spiro atoms. The van der Waals surface area contributed by atoms with E-state index in [1.165, 1.54) is 6.26 Å². The molecule has 0 saturated carbocycles. The molecule has 0 atom stereocenters. The van der Waals surface area contributed by atoms with E-state index in [0.29, 0.717) is 36.9 Å². The maximum Gasteiger partial charge on any atom is 0.224 e. The highest BCUT2D eigenvalue weighted by Crippen LogP contribution is 2.16. The molecule has 2 aromatic carbocycles. The zero-order chi connectivity index (χ0) is 22.9. The zero-order valence-electron chi connectivity index (χ0n) is 18.7. The number of guanidine groups is 1. The number of hydrogen-bond donors (Lipinski definition) is 3. The highest BCUT2D eigenvalue weighted by atomic mass is 32.2. The number of sulfone groups is 1. The highest BCUT2D eigenvalue weighted by Gasteiger charge is 2.11. The Bertz CT molecular complexity index is 1030. The Morgan fingerprint density at radius 2 is 1.81 bits per heavy atom. The average Bonchev–Trinajstić information content (AvgIpc) is 2.69. The first-order valence-electron chi connectivity index (χ1n) is 10.4. The molecule has 0 aliphatic rings. The number of amides is 1. The topological polar surface area (TPSA) is 99.7 Å². The van der Waals surface area contributed by atoms with Gasteiger partial charge in [-0.05, 0) is 55.2 Å². The van der Waals surface area contributed by atoms with E-state index in [1.807, 2.05) is 50.2 Å². The summed E-state index contributed by atoms with van der Waals surface area (Å²) in [5, 5.41) is 9.39. The van der Waals surface area contributed by atoms with E-state index in [9.17, 15) is 13.2 Å². The Hall–Kier alpha value is -2.87. The molecule has 2 aromatic rings. The molecule has 0 aliphatic heterocycles. The van der Waals surface area contributed by atoms with Crippen LogP contribution in [0.25, 0.3) is 0 Å². The maximum atomic E-state index is 11.8. The van der Waals surface area contributed by atoms with Crippen LogP contribution in [0.3, 0.4) is 0 Å². The lowest BCUT2D eigenvalue weighted by atomic mass is 10.1. The van der Waals surface area contributed by atoms with Crippen LogP contribution in [0, 0.1) is 6.92 Å². The standard InChI is InChI=1S/C23H32N4O3S/c1-5-8-22(28)27-20-10-7-9-18(14-20)15-25-23(24-6-2)26-16-19-11-12-21(17(3)13-19)31(4,29)30/h7,9-14H,5-6,8,15-16H2,1-4H3,(H,27,28)(H2,24,25,26). The van der Waals surface area contributed by atoms with Crippen molar-refractivity contribution in [2.45, 2.75) is 51.6 Å². The number of rotatable bonds is 9. The van der Waals surface area contributed by atoms with E-state index in [4.69, 9.17) is 0 Å². The minimum Gasteiger partial charge on any atom is -0.357 e. The molecule has 3 N–H and O–H groups in total. The van der Waals surface area contributed by atoms with E-state index >= 15 is 0 Å². The largest absolute Gasteiger partial charge is 0.357 e. The lowest BCUT2D eigenvalue weighted by molar-refractivity contribution is -0.116. The predicted octanol–water partition coefficient (Wildman–Crippen LogP) is 3.39. The molecule has 31 heavy (non-hydrogen) atoms. The van der Waals surface area contributed by atoms with Gasteiger partial charge in [0.15, 0.2) is 15.8 Å². The Balaban J connectivity index is 2.04. The van der Waals surface area contributed by atoms with Crippen LogP contribution >= 0.6 is 0 Å². The number of benzene rings is 2. The van der Waals surface area contributed by atoms with Crippen LogP contribution in [-0.2, 0) is 27.7 Å². The number of nitrogens with zero attached hydrogens (tertiary/aromatic N) is 1. The van der Waals surface area contributed by atoms with Gasteiger partial charge in [-0.25, -0.2) is 13.4 Å². The van der Waals surface area contributed by atoms with Crippen LogP contribution in [0.15, 0.2) is 52.4 Å². The maximum absolute atomic E-state index is 11.8. The van der Waals surface area contributed by atoms with Gasteiger partial charge in [0.2, 0.25) is 5.91 Å². The second kappa shape index (κ2) is 11.5. The third-order valence-corrected chi connectivity index (χ3v) is 5.81. The fourth-order valence-electron chi connectivity index (χ4n) is 3.13. The minimum atomic E-state index is -3.23. The third kappa shape index (κ3) is 8.05. The number of aryl methyl sites for hydroxylation is 1. The quantitative estimate of drug-likeness (QED) is 0.407. The van der Waals surface area contributed by atoms with Gasteiger partial charge in [0, 0.05) is 31.5 Å². The van der Waals surface area contributed by atoms with Gasteiger partial charge in [-0.1, -0.05) is 31.2 Å². The Morgan fingerprint density at radius 1 is 1.03 bits per heavy atom. The van der Waals surface area contributed by atoms with Crippen LogP contribution < -0.4 is 16.0 Å². The van der Waals surface area contributed by atoms with Crippen LogP contribution in [0.1, 0.15) is 43.4 Å². The monoisotopic (exact) mass is 444 g/mol. The molecular weight excluding hydrogens is 412 g/mol. The molecule has 2 rings (SSSR count). The Morgan fingerprint density at radius 3 is 2.45 bits per heavy atom. The SMILES string of the molecule is CCCC(=O)Nc1cccc(CN=C(NCC)NCc2ccc(S(C)(=O)=O)c(C)c2)c1. The molecule has 0 heterocycles. The fourth-order valence-corrected chi connectivity index (χ4v) is 4.09. The van der Waals surface area contributed by atoms with E-state index in [-0.39, 0.29) is 5.91 Å². The Labute approximate surface area is 185 Å². The summed E-state index contributed by atoms with van der Waals surface area (Å²) in [7, 11) is -3.23. The summed E-state index contributed by atoms with van der Waals surface area (Å²) in [6, 6.07) is 13.0. The molecule has 7 nitrogen and oxygen atoms in total. The van der Waals surface area contributed by atoms with Gasteiger partial charge in [-0.3, -0.25) is 4.79 Å². The number of anilines is 1. The first-order chi connectivity index (χ1) is 14.7. The van der Waals surface area contributed by atoms with E-state index < -0.39 is 9.84 Å². The predicted molar refractivity (Wildman–Crippen MR) is 126 cm³/mol. The highest BCUT2D eigenvalue weighted by molar-refractivity contribution is 7.90. The summed E-state index contributed by atoms with van der Waals surface area (Å²) >= 11 is 0. The molecule has 0 fully saturated rings. The van der Waals surface area contributed by atoms with E-state index in [2.05, 4.69) is 20.9 Å².